The quantitative estimate of drug-likeness (QED) is 0.735. The molecular weight excluding hydrogens is 328 g/mol. The van der Waals surface area contributed by atoms with Crippen molar-refractivity contribution < 1.29 is 19.7 Å². The van der Waals surface area contributed by atoms with E-state index in [1.54, 1.807) is 31.4 Å². The van der Waals surface area contributed by atoms with Gasteiger partial charge in [0.05, 0.1) is 7.11 Å². The Bertz CT molecular complexity index is 970. The molecule has 130 valence electrons. The molecule has 0 spiro atoms. The topological polar surface area (TPSA) is 58.9 Å². The van der Waals surface area contributed by atoms with E-state index in [2.05, 4.69) is 0 Å². The summed E-state index contributed by atoms with van der Waals surface area (Å²) in [7, 11) is 1.64. The molecule has 0 saturated carbocycles. The second-order valence-electron chi connectivity index (χ2n) is 6.10. The van der Waals surface area contributed by atoms with E-state index in [9.17, 15) is 10.2 Å². The molecule has 4 heteroatoms. The highest BCUT2D eigenvalue weighted by atomic mass is 16.5. The van der Waals surface area contributed by atoms with Crippen LogP contribution < -0.4 is 9.47 Å². The first-order chi connectivity index (χ1) is 12.7. The fraction of sp³-hybridized carbons (Fsp3) is 0.0909. The summed E-state index contributed by atoms with van der Waals surface area (Å²) >= 11 is 0. The minimum absolute atomic E-state index is 0.172. The Kier molecular flexibility index (Phi) is 4.01. The fourth-order valence-electron chi connectivity index (χ4n) is 3.20. The second-order valence-corrected chi connectivity index (χ2v) is 6.10. The molecule has 4 nitrogen and oxygen atoms in total. The summed E-state index contributed by atoms with van der Waals surface area (Å²) in [5.74, 6) is 1.84. The lowest BCUT2D eigenvalue weighted by Gasteiger charge is -2.25. The Balaban J connectivity index is 1.94. The monoisotopic (exact) mass is 346 g/mol. The molecule has 0 amide bonds. The molecule has 1 aliphatic heterocycles. The predicted octanol–water partition coefficient (Wildman–Crippen LogP) is 4.46. The van der Waals surface area contributed by atoms with E-state index in [1.165, 1.54) is 0 Å². The van der Waals surface area contributed by atoms with Crippen LogP contribution in [0.5, 0.6) is 23.0 Å². The van der Waals surface area contributed by atoms with E-state index in [0.29, 0.717) is 12.4 Å². The number of methoxy groups -OCH3 is 1. The van der Waals surface area contributed by atoms with Crippen LogP contribution >= 0.6 is 0 Å². The number of hydrogen-bond acceptors (Lipinski definition) is 4. The molecule has 0 fully saturated rings. The number of aromatic hydroxyl groups is 2. The van der Waals surface area contributed by atoms with Crippen molar-refractivity contribution in [1.29, 1.82) is 0 Å². The van der Waals surface area contributed by atoms with Crippen molar-refractivity contribution in [3.8, 4) is 23.0 Å². The number of ether oxygens (including phenoxy) is 2. The summed E-state index contributed by atoms with van der Waals surface area (Å²) in [5.41, 5.74) is 4.99. The van der Waals surface area contributed by atoms with Crippen molar-refractivity contribution in [3.05, 3.63) is 83.4 Å². The number of benzene rings is 3. The van der Waals surface area contributed by atoms with Crippen molar-refractivity contribution in [2.75, 3.05) is 13.7 Å². The van der Waals surface area contributed by atoms with Gasteiger partial charge in [-0.05, 0) is 53.1 Å². The van der Waals surface area contributed by atoms with Gasteiger partial charge < -0.3 is 19.7 Å². The van der Waals surface area contributed by atoms with Gasteiger partial charge >= 0.3 is 0 Å². The molecule has 2 N–H and O–H groups in total. The summed E-state index contributed by atoms with van der Waals surface area (Å²) in [6.07, 6.45) is 0. The average molecular weight is 346 g/mol. The third-order valence-corrected chi connectivity index (χ3v) is 4.50. The Labute approximate surface area is 151 Å². The maximum atomic E-state index is 9.79. The Morgan fingerprint density at radius 1 is 0.808 bits per heavy atom. The van der Waals surface area contributed by atoms with E-state index in [0.717, 1.165) is 33.6 Å². The third-order valence-electron chi connectivity index (χ3n) is 4.50. The maximum absolute atomic E-state index is 9.79. The number of phenols is 2. The molecule has 3 aromatic rings. The fourth-order valence-corrected chi connectivity index (χ4v) is 3.20. The van der Waals surface area contributed by atoms with Crippen LogP contribution in [0, 0.1) is 0 Å². The molecular formula is C22H18O4. The van der Waals surface area contributed by atoms with Gasteiger partial charge in [-0.15, -0.1) is 0 Å². The highest BCUT2D eigenvalue weighted by molar-refractivity contribution is 6.01. The van der Waals surface area contributed by atoms with Crippen molar-refractivity contribution in [3.63, 3.8) is 0 Å². The van der Waals surface area contributed by atoms with E-state index < -0.39 is 0 Å². The smallest absolute Gasteiger partial charge is 0.131 e. The molecule has 1 aliphatic rings. The van der Waals surface area contributed by atoms with Gasteiger partial charge in [-0.2, -0.15) is 0 Å². The maximum Gasteiger partial charge on any atom is 0.131 e. The van der Waals surface area contributed by atoms with E-state index in [-0.39, 0.29) is 11.5 Å². The minimum Gasteiger partial charge on any atom is -0.508 e. The number of hydrogen-bond donors (Lipinski definition) is 2. The molecule has 0 atom stereocenters. The van der Waals surface area contributed by atoms with Gasteiger partial charge in [-0.1, -0.05) is 24.3 Å². The van der Waals surface area contributed by atoms with Crippen LogP contribution in [-0.4, -0.2) is 23.9 Å². The van der Waals surface area contributed by atoms with Gasteiger partial charge in [0.2, 0.25) is 0 Å². The van der Waals surface area contributed by atoms with Gasteiger partial charge in [-0.3, -0.25) is 0 Å². The van der Waals surface area contributed by atoms with Crippen LogP contribution in [0.15, 0.2) is 66.7 Å². The first kappa shape index (κ1) is 16.1. The van der Waals surface area contributed by atoms with Crippen molar-refractivity contribution in [1.82, 2.24) is 0 Å². The molecule has 1 heterocycles. The lowest BCUT2D eigenvalue weighted by molar-refractivity contribution is 0.361. The SMILES string of the molecule is COc1ccc(C2=C(c3ccc(O)cc3)COc3cc(O)ccc32)cc1. The highest BCUT2D eigenvalue weighted by Crippen LogP contribution is 2.42. The van der Waals surface area contributed by atoms with Crippen LogP contribution in [0.1, 0.15) is 16.7 Å². The Morgan fingerprint density at radius 3 is 2.15 bits per heavy atom. The van der Waals surface area contributed by atoms with Gasteiger partial charge in [0.1, 0.15) is 29.6 Å². The van der Waals surface area contributed by atoms with E-state index in [4.69, 9.17) is 9.47 Å². The minimum atomic E-state index is 0.172. The highest BCUT2D eigenvalue weighted by Gasteiger charge is 2.23. The molecule has 0 aliphatic carbocycles. The summed E-state index contributed by atoms with van der Waals surface area (Å²) in [4.78, 5) is 0. The summed E-state index contributed by atoms with van der Waals surface area (Å²) < 4.78 is 11.2. The van der Waals surface area contributed by atoms with Crippen molar-refractivity contribution >= 4 is 11.1 Å². The first-order valence-electron chi connectivity index (χ1n) is 8.29. The number of rotatable bonds is 3. The molecule has 0 unspecified atom stereocenters. The van der Waals surface area contributed by atoms with Crippen LogP contribution in [0.3, 0.4) is 0 Å². The molecule has 26 heavy (non-hydrogen) atoms. The molecule has 0 aromatic heterocycles. The third kappa shape index (κ3) is 2.86. The molecule has 3 aromatic carbocycles. The van der Waals surface area contributed by atoms with Crippen LogP contribution in [0.25, 0.3) is 11.1 Å². The van der Waals surface area contributed by atoms with Gasteiger partial charge in [0, 0.05) is 17.2 Å². The average Bonchev–Trinajstić information content (AvgIpc) is 2.68. The van der Waals surface area contributed by atoms with E-state index in [1.807, 2.05) is 42.5 Å². The lowest BCUT2D eigenvalue weighted by atomic mass is 9.87. The van der Waals surface area contributed by atoms with Gasteiger partial charge in [0.15, 0.2) is 0 Å². The van der Waals surface area contributed by atoms with Gasteiger partial charge in [-0.25, -0.2) is 0 Å². The lowest BCUT2D eigenvalue weighted by Crippen LogP contribution is -2.11. The summed E-state index contributed by atoms with van der Waals surface area (Å²) in [6.45, 7) is 0.378. The second kappa shape index (κ2) is 6.48. The number of phenolic OH excluding ortho intramolecular Hbond substituents is 2. The largest absolute Gasteiger partial charge is 0.508 e. The summed E-state index contributed by atoms with van der Waals surface area (Å²) in [6, 6.07) is 20.1. The van der Waals surface area contributed by atoms with Crippen LogP contribution in [0.4, 0.5) is 0 Å². The molecule has 4 rings (SSSR count). The zero-order valence-electron chi connectivity index (χ0n) is 14.3. The molecule has 0 bridgehead atoms. The van der Waals surface area contributed by atoms with E-state index >= 15 is 0 Å². The first-order valence-corrected chi connectivity index (χ1v) is 8.29. The zero-order valence-corrected chi connectivity index (χ0v) is 14.3. The van der Waals surface area contributed by atoms with Crippen LogP contribution in [0.2, 0.25) is 0 Å². The zero-order chi connectivity index (χ0) is 18.1. The van der Waals surface area contributed by atoms with Crippen molar-refractivity contribution in [2.45, 2.75) is 0 Å². The standard InChI is InChI=1S/C22H18O4/c1-25-18-9-4-15(5-10-18)22-19-11-8-17(24)12-21(19)26-13-20(22)14-2-6-16(23)7-3-14/h2-12,23-24H,13H2,1H3. The van der Waals surface area contributed by atoms with Crippen LogP contribution in [-0.2, 0) is 0 Å². The van der Waals surface area contributed by atoms with Crippen molar-refractivity contribution in [2.24, 2.45) is 0 Å². The Hall–Kier alpha value is -3.40. The molecule has 0 radical (unpaired) electrons. The predicted molar refractivity (Wildman–Crippen MR) is 101 cm³/mol. The molecule has 0 saturated heterocycles. The normalized spacial score (nSPS) is 13.1. The number of fused-ring (bicyclic) bond motifs is 1. The van der Waals surface area contributed by atoms with Gasteiger partial charge in [0.25, 0.3) is 0 Å². The Morgan fingerprint density at radius 2 is 1.46 bits per heavy atom. The summed E-state index contributed by atoms with van der Waals surface area (Å²) in [5, 5.41) is 19.4.